The van der Waals surface area contributed by atoms with Gasteiger partial charge in [0.2, 0.25) is 10.0 Å². The fourth-order valence-electron chi connectivity index (χ4n) is 2.08. The lowest BCUT2D eigenvalue weighted by atomic mass is 9.76. The molecule has 4 nitrogen and oxygen atoms in total. The lowest BCUT2D eigenvalue weighted by Gasteiger charge is -2.41. The normalized spacial score (nSPS) is 19.4. The molecule has 5 heteroatoms. The molecule has 0 aromatic heterocycles. The van der Waals surface area contributed by atoms with E-state index in [4.69, 9.17) is 0 Å². The van der Waals surface area contributed by atoms with Gasteiger partial charge in [-0.05, 0) is 45.2 Å². The van der Waals surface area contributed by atoms with Crippen LogP contribution in [0.1, 0.15) is 46.0 Å². The molecule has 1 rings (SSSR count). The highest BCUT2D eigenvalue weighted by atomic mass is 32.2. The lowest BCUT2D eigenvalue weighted by molar-refractivity contribution is 0.214. The summed E-state index contributed by atoms with van der Waals surface area (Å²) in [6, 6.07) is 0. The third-order valence-corrected chi connectivity index (χ3v) is 4.95. The van der Waals surface area contributed by atoms with E-state index < -0.39 is 10.0 Å². The second-order valence-corrected chi connectivity index (χ2v) is 6.46. The third kappa shape index (κ3) is 4.03. The predicted molar refractivity (Wildman–Crippen MR) is 67.0 cm³/mol. The smallest absolute Gasteiger partial charge is 0.212 e. The van der Waals surface area contributed by atoms with Crippen molar-refractivity contribution in [2.75, 3.05) is 18.8 Å². The molecule has 0 aromatic rings. The molecular weight excluding hydrogens is 224 g/mol. The van der Waals surface area contributed by atoms with Gasteiger partial charge < -0.3 is 5.32 Å². The van der Waals surface area contributed by atoms with Crippen LogP contribution in [0.5, 0.6) is 0 Å². The number of nitrogens with one attached hydrogen (secondary N) is 2. The van der Waals surface area contributed by atoms with Crippen LogP contribution in [0.25, 0.3) is 0 Å². The average molecular weight is 248 g/mol. The molecule has 16 heavy (non-hydrogen) atoms. The summed E-state index contributed by atoms with van der Waals surface area (Å²) >= 11 is 0. The first kappa shape index (κ1) is 13.9. The predicted octanol–water partition coefficient (Wildman–Crippen LogP) is 1.24. The Morgan fingerprint density at radius 2 is 1.94 bits per heavy atom. The van der Waals surface area contributed by atoms with Crippen molar-refractivity contribution in [1.29, 1.82) is 0 Å². The molecule has 0 radical (unpaired) electrons. The Bertz CT molecular complexity index is 292. The molecule has 0 amide bonds. The van der Waals surface area contributed by atoms with Crippen molar-refractivity contribution in [3.05, 3.63) is 0 Å². The van der Waals surface area contributed by atoms with E-state index >= 15 is 0 Å². The summed E-state index contributed by atoms with van der Waals surface area (Å²) in [7, 11) is -3.08. The zero-order valence-corrected chi connectivity index (χ0v) is 11.2. The van der Waals surface area contributed by atoms with Gasteiger partial charge in [-0.25, -0.2) is 13.1 Å². The van der Waals surface area contributed by atoms with Gasteiger partial charge in [0.1, 0.15) is 0 Å². The number of rotatable bonds is 8. The standard InChI is InChI=1S/C11H24N2O2S/c1-3-11(7-5-8-11)13-16(14,15)10-6-9-12-4-2/h12-13H,3-10H2,1-2H3. The highest BCUT2D eigenvalue weighted by Crippen LogP contribution is 2.35. The van der Waals surface area contributed by atoms with Gasteiger partial charge in [-0.15, -0.1) is 0 Å². The average Bonchev–Trinajstić information content (AvgIpc) is 2.19. The van der Waals surface area contributed by atoms with Gasteiger partial charge in [0.25, 0.3) is 0 Å². The number of hydrogen-bond donors (Lipinski definition) is 2. The number of hydrogen-bond acceptors (Lipinski definition) is 3. The van der Waals surface area contributed by atoms with Crippen LogP contribution in [0.2, 0.25) is 0 Å². The molecule has 0 unspecified atom stereocenters. The second kappa shape index (κ2) is 5.98. The van der Waals surface area contributed by atoms with Crippen LogP contribution in [0, 0.1) is 0 Å². The molecule has 1 aliphatic carbocycles. The van der Waals surface area contributed by atoms with Crippen molar-refractivity contribution in [1.82, 2.24) is 10.0 Å². The van der Waals surface area contributed by atoms with E-state index in [0.29, 0.717) is 6.42 Å². The van der Waals surface area contributed by atoms with Crippen LogP contribution in [0.3, 0.4) is 0 Å². The van der Waals surface area contributed by atoms with E-state index in [2.05, 4.69) is 17.0 Å². The van der Waals surface area contributed by atoms with Crippen LogP contribution in [0.4, 0.5) is 0 Å². The molecule has 0 spiro atoms. The monoisotopic (exact) mass is 248 g/mol. The maximum absolute atomic E-state index is 11.8. The zero-order valence-electron chi connectivity index (χ0n) is 10.4. The Labute approximate surface area is 99.2 Å². The zero-order chi connectivity index (χ0) is 12.1. The summed E-state index contributed by atoms with van der Waals surface area (Å²) in [5, 5.41) is 3.13. The first-order valence-electron chi connectivity index (χ1n) is 6.26. The summed E-state index contributed by atoms with van der Waals surface area (Å²) in [5.41, 5.74) is -0.114. The third-order valence-electron chi connectivity index (χ3n) is 3.38. The molecule has 2 N–H and O–H groups in total. The van der Waals surface area contributed by atoms with Crippen LogP contribution >= 0.6 is 0 Å². The second-order valence-electron chi connectivity index (χ2n) is 4.62. The molecule has 0 aliphatic heterocycles. The van der Waals surface area contributed by atoms with E-state index in [1.807, 2.05) is 6.92 Å². The quantitative estimate of drug-likeness (QED) is 0.635. The summed E-state index contributed by atoms with van der Waals surface area (Å²) in [5.74, 6) is 0.238. The van der Waals surface area contributed by atoms with Crippen molar-refractivity contribution >= 4 is 10.0 Å². The largest absolute Gasteiger partial charge is 0.317 e. The fourth-order valence-corrected chi connectivity index (χ4v) is 3.71. The van der Waals surface area contributed by atoms with E-state index in [9.17, 15) is 8.42 Å². The topological polar surface area (TPSA) is 58.2 Å². The highest BCUT2D eigenvalue weighted by Gasteiger charge is 2.38. The molecule has 1 aliphatic rings. The van der Waals surface area contributed by atoms with Crippen LogP contribution < -0.4 is 10.0 Å². The maximum atomic E-state index is 11.8. The van der Waals surface area contributed by atoms with Gasteiger partial charge in [-0.1, -0.05) is 13.8 Å². The summed E-state index contributed by atoms with van der Waals surface area (Å²) in [6.45, 7) is 5.75. The Hall–Kier alpha value is -0.130. The molecule has 0 atom stereocenters. The highest BCUT2D eigenvalue weighted by molar-refractivity contribution is 7.89. The fraction of sp³-hybridized carbons (Fsp3) is 1.00. The Kier molecular flexibility index (Phi) is 5.21. The Morgan fingerprint density at radius 3 is 2.38 bits per heavy atom. The molecule has 1 saturated carbocycles. The molecule has 0 aromatic carbocycles. The Balaban J connectivity index is 2.33. The van der Waals surface area contributed by atoms with Crippen LogP contribution in [-0.2, 0) is 10.0 Å². The summed E-state index contributed by atoms with van der Waals surface area (Å²) < 4.78 is 26.5. The molecule has 96 valence electrons. The molecule has 0 saturated heterocycles. The number of sulfonamides is 1. The first-order chi connectivity index (χ1) is 7.54. The lowest BCUT2D eigenvalue weighted by Crippen LogP contribution is -2.53. The van der Waals surface area contributed by atoms with E-state index in [0.717, 1.165) is 38.8 Å². The Morgan fingerprint density at radius 1 is 1.25 bits per heavy atom. The van der Waals surface area contributed by atoms with Gasteiger partial charge in [0.05, 0.1) is 5.75 Å². The maximum Gasteiger partial charge on any atom is 0.212 e. The van der Waals surface area contributed by atoms with E-state index in [1.165, 1.54) is 0 Å². The summed E-state index contributed by atoms with van der Waals surface area (Å²) in [6.07, 6.45) is 4.72. The van der Waals surface area contributed by atoms with Gasteiger partial charge in [0, 0.05) is 5.54 Å². The SMILES string of the molecule is CCNCCCS(=O)(=O)NC1(CC)CCC1. The molecule has 0 bridgehead atoms. The van der Waals surface area contributed by atoms with Crippen LogP contribution in [0.15, 0.2) is 0 Å². The van der Waals surface area contributed by atoms with Crippen molar-refractivity contribution in [3.63, 3.8) is 0 Å². The minimum absolute atomic E-state index is 0.114. The van der Waals surface area contributed by atoms with Crippen molar-refractivity contribution in [3.8, 4) is 0 Å². The van der Waals surface area contributed by atoms with Gasteiger partial charge in [0.15, 0.2) is 0 Å². The molecule has 1 fully saturated rings. The van der Waals surface area contributed by atoms with Crippen molar-refractivity contribution < 1.29 is 8.42 Å². The van der Waals surface area contributed by atoms with Gasteiger partial charge in [-0.2, -0.15) is 0 Å². The summed E-state index contributed by atoms with van der Waals surface area (Å²) in [4.78, 5) is 0. The van der Waals surface area contributed by atoms with Gasteiger partial charge >= 0.3 is 0 Å². The van der Waals surface area contributed by atoms with Gasteiger partial charge in [-0.3, -0.25) is 0 Å². The van der Waals surface area contributed by atoms with Crippen molar-refractivity contribution in [2.24, 2.45) is 0 Å². The first-order valence-corrected chi connectivity index (χ1v) is 7.91. The minimum Gasteiger partial charge on any atom is -0.317 e. The van der Waals surface area contributed by atoms with E-state index in [1.54, 1.807) is 0 Å². The molecule has 0 heterocycles. The van der Waals surface area contributed by atoms with Crippen LogP contribution in [-0.4, -0.2) is 32.8 Å². The van der Waals surface area contributed by atoms with E-state index in [-0.39, 0.29) is 11.3 Å². The molecular formula is C11H24N2O2S. The minimum atomic E-state index is -3.08. The van der Waals surface area contributed by atoms with Crippen molar-refractivity contribution in [2.45, 2.75) is 51.5 Å².